The van der Waals surface area contributed by atoms with Gasteiger partial charge in [-0.05, 0) is 62.9 Å². The molecule has 1 aliphatic rings. The molecule has 0 spiro atoms. The summed E-state index contributed by atoms with van der Waals surface area (Å²) in [5, 5.41) is 9.03. The van der Waals surface area contributed by atoms with Crippen molar-refractivity contribution in [2.24, 2.45) is 5.92 Å². The first-order valence-corrected chi connectivity index (χ1v) is 7.93. The summed E-state index contributed by atoms with van der Waals surface area (Å²) in [6.07, 6.45) is 3.81. The highest BCUT2D eigenvalue weighted by molar-refractivity contribution is 5.94. The van der Waals surface area contributed by atoms with Gasteiger partial charge in [-0.15, -0.1) is 12.4 Å². The molecule has 128 valence electrons. The molecule has 6 heteroatoms. The summed E-state index contributed by atoms with van der Waals surface area (Å²) in [7, 11) is 0. The third-order valence-electron chi connectivity index (χ3n) is 4.07. The second-order valence-corrected chi connectivity index (χ2v) is 5.99. The standard InChI is InChI=1S/C17H25N3O2.ClH/c1-12-3-5-15(19-13(2)21)11-16(12)20-17(22)6-4-14-7-9-18-10-8-14;/h3,5,11,14,18H,4,6-10H2,1-2H3,(H,19,21)(H,20,22);1H. The summed E-state index contributed by atoms with van der Waals surface area (Å²) in [6.45, 7) is 5.53. The number of halogens is 1. The summed E-state index contributed by atoms with van der Waals surface area (Å²) >= 11 is 0. The van der Waals surface area contributed by atoms with Crippen molar-refractivity contribution in [1.29, 1.82) is 0 Å². The Kier molecular flexibility index (Phi) is 8.06. The maximum absolute atomic E-state index is 12.1. The van der Waals surface area contributed by atoms with Gasteiger partial charge in [0.15, 0.2) is 0 Å². The fourth-order valence-corrected chi connectivity index (χ4v) is 2.76. The first kappa shape index (κ1) is 19.5. The van der Waals surface area contributed by atoms with E-state index in [0.717, 1.165) is 43.6 Å². The number of carbonyl (C=O) groups excluding carboxylic acids is 2. The molecule has 0 saturated carbocycles. The van der Waals surface area contributed by atoms with Gasteiger partial charge in [0.2, 0.25) is 11.8 Å². The van der Waals surface area contributed by atoms with Crippen LogP contribution in [0.25, 0.3) is 0 Å². The molecule has 0 radical (unpaired) electrons. The van der Waals surface area contributed by atoms with E-state index in [-0.39, 0.29) is 24.2 Å². The average molecular weight is 340 g/mol. The van der Waals surface area contributed by atoms with Gasteiger partial charge in [0.05, 0.1) is 0 Å². The summed E-state index contributed by atoms with van der Waals surface area (Å²) in [5.74, 6) is 0.576. The number of aryl methyl sites for hydroxylation is 1. The van der Waals surface area contributed by atoms with E-state index in [1.54, 1.807) is 6.07 Å². The summed E-state index contributed by atoms with van der Waals surface area (Å²) in [5.41, 5.74) is 2.46. The van der Waals surface area contributed by atoms with E-state index in [2.05, 4.69) is 16.0 Å². The van der Waals surface area contributed by atoms with Gasteiger partial charge in [0, 0.05) is 24.7 Å². The third-order valence-corrected chi connectivity index (χ3v) is 4.07. The molecule has 0 bridgehead atoms. The number of anilines is 2. The molecule has 0 unspecified atom stereocenters. The molecule has 1 aromatic carbocycles. The molecule has 0 atom stereocenters. The van der Waals surface area contributed by atoms with Crippen LogP contribution >= 0.6 is 12.4 Å². The Morgan fingerprint density at radius 3 is 2.57 bits per heavy atom. The Morgan fingerprint density at radius 1 is 1.22 bits per heavy atom. The molecule has 1 aliphatic heterocycles. The number of piperidine rings is 1. The van der Waals surface area contributed by atoms with E-state index in [1.165, 1.54) is 6.92 Å². The number of nitrogens with one attached hydrogen (secondary N) is 3. The molecule has 0 aromatic heterocycles. The highest BCUT2D eigenvalue weighted by atomic mass is 35.5. The Bertz CT molecular complexity index is 543. The van der Waals surface area contributed by atoms with Gasteiger partial charge in [-0.3, -0.25) is 9.59 Å². The predicted molar refractivity (Wildman–Crippen MR) is 96.2 cm³/mol. The van der Waals surface area contributed by atoms with E-state index >= 15 is 0 Å². The molecule has 5 nitrogen and oxygen atoms in total. The van der Waals surface area contributed by atoms with Gasteiger partial charge in [-0.2, -0.15) is 0 Å². The van der Waals surface area contributed by atoms with Crippen molar-refractivity contribution < 1.29 is 9.59 Å². The number of carbonyl (C=O) groups is 2. The van der Waals surface area contributed by atoms with Gasteiger partial charge in [-0.25, -0.2) is 0 Å². The zero-order valence-corrected chi connectivity index (χ0v) is 14.6. The molecule has 2 rings (SSSR count). The smallest absolute Gasteiger partial charge is 0.224 e. The van der Waals surface area contributed by atoms with E-state index in [1.807, 2.05) is 19.1 Å². The highest BCUT2D eigenvalue weighted by Gasteiger charge is 2.15. The molecule has 2 amide bonds. The highest BCUT2D eigenvalue weighted by Crippen LogP contribution is 2.22. The van der Waals surface area contributed by atoms with Crippen LogP contribution in [-0.2, 0) is 9.59 Å². The molecule has 3 N–H and O–H groups in total. The lowest BCUT2D eigenvalue weighted by Gasteiger charge is -2.22. The minimum absolute atomic E-state index is 0. The first-order valence-electron chi connectivity index (χ1n) is 7.93. The lowest BCUT2D eigenvalue weighted by molar-refractivity contribution is -0.116. The van der Waals surface area contributed by atoms with Crippen LogP contribution in [0.2, 0.25) is 0 Å². The van der Waals surface area contributed by atoms with E-state index in [0.29, 0.717) is 18.0 Å². The van der Waals surface area contributed by atoms with Crippen molar-refractivity contribution in [3.63, 3.8) is 0 Å². The first-order chi connectivity index (χ1) is 10.5. The summed E-state index contributed by atoms with van der Waals surface area (Å²) in [6, 6.07) is 5.54. The topological polar surface area (TPSA) is 70.2 Å². The largest absolute Gasteiger partial charge is 0.326 e. The van der Waals surface area contributed by atoms with Crippen molar-refractivity contribution in [2.75, 3.05) is 23.7 Å². The van der Waals surface area contributed by atoms with Crippen molar-refractivity contribution in [1.82, 2.24) is 5.32 Å². The molecule has 0 aliphatic carbocycles. The van der Waals surface area contributed by atoms with Crippen LogP contribution in [0.1, 0.15) is 38.2 Å². The van der Waals surface area contributed by atoms with Crippen LogP contribution in [0.15, 0.2) is 18.2 Å². The van der Waals surface area contributed by atoms with Crippen molar-refractivity contribution in [3.8, 4) is 0 Å². The molecular formula is C17H26ClN3O2. The maximum atomic E-state index is 12.1. The number of hydrogen-bond acceptors (Lipinski definition) is 3. The maximum Gasteiger partial charge on any atom is 0.224 e. The molecule has 1 saturated heterocycles. The Labute approximate surface area is 144 Å². The SMILES string of the molecule is CC(=O)Nc1ccc(C)c(NC(=O)CCC2CCNCC2)c1.Cl. The number of rotatable bonds is 5. The van der Waals surface area contributed by atoms with Crippen molar-refractivity contribution in [3.05, 3.63) is 23.8 Å². The predicted octanol–water partition coefficient (Wildman–Crippen LogP) is 3.09. The van der Waals surface area contributed by atoms with Gasteiger partial charge in [0.1, 0.15) is 0 Å². The Balaban J connectivity index is 0.00000264. The molecule has 1 aromatic rings. The lowest BCUT2D eigenvalue weighted by Crippen LogP contribution is -2.28. The summed E-state index contributed by atoms with van der Waals surface area (Å²) in [4.78, 5) is 23.2. The second-order valence-electron chi connectivity index (χ2n) is 5.99. The number of benzene rings is 1. The zero-order valence-electron chi connectivity index (χ0n) is 13.8. The van der Waals surface area contributed by atoms with Crippen LogP contribution in [0.4, 0.5) is 11.4 Å². The molecular weight excluding hydrogens is 314 g/mol. The number of hydrogen-bond donors (Lipinski definition) is 3. The molecule has 23 heavy (non-hydrogen) atoms. The van der Waals surface area contributed by atoms with Crippen LogP contribution in [0.3, 0.4) is 0 Å². The monoisotopic (exact) mass is 339 g/mol. The fraction of sp³-hybridized carbons (Fsp3) is 0.529. The third kappa shape index (κ3) is 6.59. The molecule has 1 fully saturated rings. The minimum Gasteiger partial charge on any atom is -0.326 e. The van der Waals surface area contributed by atoms with E-state index in [4.69, 9.17) is 0 Å². The second kappa shape index (κ2) is 9.53. The number of amides is 2. The van der Waals surface area contributed by atoms with E-state index < -0.39 is 0 Å². The Morgan fingerprint density at radius 2 is 1.91 bits per heavy atom. The average Bonchev–Trinajstić information content (AvgIpc) is 2.49. The van der Waals surface area contributed by atoms with Crippen LogP contribution < -0.4 is 16.0 Å². The van der Waals surface area contributed by atoms with Crippen molar-refractivity contribution in [2.45, 2.75) is 39.5 Å². The zero-order chi connectivity index (χ0) is 15.9. The van der Waals surface area contributed by atoms with Crippen LogP contribution in [0, 0.1) is 12.8 Å². The quantitative estimate of drug-likeness (QED) is 0.772. The fourth-order valence-electron chi connectivity index (χ4n) is 2.76. The van der Waals surface area contributed by atoms with Crippen molar-refractivity contribution >= 4 is 35.6 Å². The molecule has 1 heterocycles. The van der Waals surface area contributed by atoms with Gasteiger partial charge < -0.3 is 16.0 Å². The van der Waals surface area contributed by atoms with Crippen LogP contribution in [-0.4, -0.2) is 24.9 Å². The van der Waals surface area contributed by atoms with E-state index in [9.17, 15) is 9.59 Å². The Hall–Kier alpha value is -1.59. The van der Waals surface area contributed by atoms with Gasteiger partial charge in [-0.1, -0.05) is 6.07 Å². The normalized spacial score (nSPS) is 14.7. The summed E-state index contributed by atoms with van der Waals surface area (Å²) < 4.78 is 0. The van der Waals surface area contributed by atoms with Crippen LogP contribution in [0.5, 0.6) is 0 Å². The van der Waals surface area contributed by atoms with Gasteiger partial charge in [0.25, 0.3) is 0 Å². The minimum atomic E-state index is -0.118. The lowest BCUT2D eigenvalue weighted by atomic mass is 9.93. The van der Waals surface area contributed by atoms with Gasteiger partial charge >= 0.3 is 0 Å².